The van der Waals surface area contributed by atoms with Crippen molar-refractivity contribution >= 4 is 5.97 Å². The molecule has 1 aliphatic carbocycles. The summed E-state index contributed by atoms with van der Waals surface area (Å²) >= 11 is 0. The minimum Gasteiger partial charge on any atom is -0.480 e. The summed E-state index contributed by atoms with van der Waals surface area (Å²) in [5.74, 6) is -0.777. The number of hydrogen-bond donors (Lipinski definition) is 2. The molecule has 0 aromatic heterocycles. The summed E-state index contributed by atoms with van der Waals surface area (Å²) in [5.41, 5.74) is -0.873. The summed E-state index contributed by atoms with van der Waals surface area (Å²) in [6, 6.07) is 0.379. The van der Waals surface area contributed by atoms with Crippen LogP contribution in [0.25, 0.3) is 0 Å². The Bertz CT molecular complexity index is 317. The van der Waals surface area contributed by atoms with Gasteiger partial charge in [0, 0.05) is 12.5 Å². The number of hydrogen-bond acceptors (Lipinski definition) is 3. The van der Waals surface area contributed by atoms with Gasteiger partial charge in [-0.2, -0.15) is 0 Å². The van der Waals surface area contributed by atoms with Crippen LogP contribution < -0.4 is 5.32 Å². The molecule has 1 saturated carbocycles. The largest absolute Gasteiger partial charge is 0.480 e. The summed E-state index contributed by atoms with van der Waals surface area (Å²) in [4.78, 5) is 11.5. The molecule has 0 aromatic rings. The van der Waals surface area contributed by atoms with Gasteiger partial charge in [-0.1, -0.05) is 32.6 Å². The first-order valence-electron chi connectivity index (χ1n) is 8.54. The second kappa shape index (κ2) is 8.74. The smallest absolute Gasteiger partial charge is 0.323 e. The van der Waals surface area contributed by atoms with Gasteiger partial charge in [-0.3, -0.25) is 10.1 Å². The SMILES string of the molecule is CCCCCCC(C)OC(C)CC(C)(NC1CC1)C(=O)O. The van der Waals surface area contributed by atoms with Crippen LogP contribution in [0.5, 0.6) is 0 Å². The molecular weight excluding hydrogens is 266 g/mol. The molecule has 1 fully saturated rings. The number of rotatable bonds is 12. The zero-order valence-corrected chi connectivity index (χ0v) is 14.2. The highest BCUT2D eigenvalue weighted by molar-refractivity contribution is 5.78. The summed E-state index contributed by atoms with van der Waals surface area (Å²) in [5, 5.41) is 12.7. The van der Waals surface area contributed by atoms with Gasteiger partial charge in [0.25, 0.3) is 0 Å². The van der Waals surface area contributed by atoms with Crippen LogP contribution in [-0.2, 0) is 9.53 Å². The van der Waals surface area contributed by atoms with E-state index in [1.165, 1.54) is 25.7 Å². The van der Waals surface area contributed by atoms with Crippen molar-refractivity contribution in [3.05, 3.63) is 0 Å². The molecule has 0 spiro atoms. The molecule has 0 heterocycles. The van der Waals surface area contributed by atoms with Gasteiger partial charge in [0.15, 0.2) is 0 Å². The maximum absolute atomic E-state index is 11.5. The summed E-state index contributed by atoms with van der Waals surface area (Å²) < 4.78 is 5.98. The first-order chi connectivity index (χ1) is 9.87. The second-order valence-corrected chi connectivity index (χ2v) is 6.87. The summed E-state index contributed by atoms with van der Waals surface area (Å²) in [6.07, 6.45) is 8.89. The second-order valence-electron chi connectivity index (χ2n) is 6.87. The first kappa shape index (κ1) is 18.4. The topological polar surface area (TPSA) is 58.6 Å². The summed E-state index contributed by atoms with van der Waals surface area (Å²) in [7, 11) is 0. The van der Waals surface area contributed by atoms with Crippen molar-refractivity contribution in [1.82, 2.24) is 5.32 Å². The summed E-state index contributed by atoms with van der Waals surface area (Å²) in [6.45, 7) is 8.06. The molecule has 3 atom stereocenters. The monoisotopic (exact) mass is 299 g/mol. The van der Waals surface area contributed by atoms with E-state index in [0.29, 0.717) is 12.5 Å². The van der Waals surface area contributed by atoms with E-state index in [1.807, 2.05) is 6.92 Å². The molecule has 4 heteroatoms. The highest BCUT2D eigenvalue weighted by atomic mass is 16.5. The molecule has 0 bridgehead atoms. The third kappa shape index (κ3) is 7.28. The average molecular weight is 299 g/mol. The quantitative estimate of drug-likeness (QED) is 0.539. The van der Waals surface area contributed by atoms with Crippen molar-refractivity contribution in [3.63, 3.8) is 0 Å². The van der Waals surface area contributed by atoms with E-state index in [1.54, 1.807) is 6.92 Å². The Morgan fingerprint density at radius 1 is 1.29 bits per heavy atom. The van der Waals surface area contributed by atoms with E-state index in [-0.39, 0.29) is 12.2 Å². The minimum absolute atomic E-state index is 0.0430. The Kier molecular flexibility index (Phi) is 7.67. The molecule has 124 valence electrons. The maximum Gasteiger partial charge on any atom is 0.323 e. The third-order valence-corrected chi connectivity index (χ3v) is 4.20. The maximum atomic E-state index is 11.5. The molecule has 0 aliphatic heterocycles. The van der Waals surface area contributed by atoms with Crippen molar-refractivity contribution in [2.75, 3.05) is 0 Å². The Balaban J connectivity index is 2.31. The lowest BCUT2D eigenvalue weighted by Gasteiger charge is -2.30. The molecule has 0 saturated heterocycles. The zero-order valence-electron chi connectivity index (χ0n) is 14.2. The molecule has 0 amide bonds. The van der Waals surface area contributed by atoms with Crippen molar-refractivity contribution < 1.29 is 14.6 Å². The predicted octanol–water partition coefficient (Wildman–Crippen LogP) is 3.74. The Morgan fingerprint density at radius 3 is 2.48 bits per heavy atom. The van der Waals surface area contributed by atoms with E-state index < -0.39 is 11.5 Å². The van der Waals surface area contributed by atoms with Crippen LogP contribution in [0.3, 0.4) is 0 Å². The number of ether oxygens (including phenoxy) is 1. The lowest BCUT2D eigenvalue weighted by Crippen LogP contribution is -2.52. The van der Waals surface area contributed by atoms with Gasteiger partial charge in [-0.15, -0.1) is 0 Å². The Hall–Kier alpha value is -0.610. The standard InChI is InChI=1S/C17H33NO3/c1-5-6-7-8-9-13(2)21-14(3)12-17(4,16(19)20)18-15-10-11-15/h13-15,18H,5-12H2,1-4H3,(H,19,20). The molecule has 2 N–H and O–H groups in total. The molecule has 0 aromatic carbocycles. The van der Waals surface area contributed by atoms with Crippen molar-refractivity contribution in [2.24, 2.45) is 0 Å². The predicted molar refractivity (Wildman–Crippen MR) is 85.6 cm³/mol. The van der Waals surface area contributed by atoms with Crippen molar-refractivity contribution in [1.29, 1.82) is 0 Å². The lowest BCUT2D eigenvalue weighted by atomic mass is 9.94. The van der Waals surface area contributed by atoms with Gasteiger partial charge in [0.1, 0.15) is 5.54 Å². The molecule has 21 heavy (non-hydrogen) atoms. The van der Waals surface area contributed by atoms with Gasteiger partial charge < -0.3 is 9.84 Å². The molecule has 3 unspecified atom stereocenters. The third-order valence-electron chi connectivity index (χ3n) is 4.20. The number of unbranched alkanes of at least 4 members (excludes halogenated alkanes) is 3. The van der Waals surface area contributed by atoms with Crippen LogP contribution in [0.2, 0.25) is 0 Å². The number of nitrogens with one attached hydrogen (secondary N) is 1. The fourth-order valence-corrected chi connectivity index (χ4v) is 2.83. The molecule has 1 rings (SSSR count). The van der Waals surface area contributed by atoms with Crippen molar-refractivity contribution in [2.45, 2.75) is 103 Å². The van der Waals surface area contributed by atoms with Crippen LogP contribution in [0, 0.1) is 0 Å². The van der Waals surface area contributed by atoms with Gasteiger partial charge in [0.05, 0.1) is 12.2 Å². The van der Waals surface area contributed by atoms with E-state index in [2.05, 4.69) is 19.2 Å². The van der Waals surface area contributed by atoms with E-state index in [4.69, 9.17) is 4.74 Å². The van der Waals surface area contributed by atoms with E-state index in [9.17, 15) is 9.90 Å². The van der Waals surface area contributed by atoms with Crippen LogP contribution in [0.1, 0.15) is 79.1 Å². The zero-order chi connectivity index (χ0) is 15.9. The number of carbonyl (C=O) groups is 1. The van der Waals surface area contributed by atoms with Gasteiger partial charge in [-0.05, 0) is 40.0 Å². The number of aliphatic carboxylic acids is 1. The number of carboxylic acids is 1. The van der Waals surface area contributed by atoms with E-state index >= 15 is 0 Å². The molecule has 4 nitrogen and oxygen atoms in total. The Morgan fingerprint density at radius 2 is 1.95 bits per heavy atom. The fourth-order valence-electron chi connectivity index (χ4n) is 2.83. The van der Waals surface area contributed by atoms with Crippen molar-refractivity contribution in [3.8, 4) is 0 Å². The lowest BCUT2D eigenvalue weighted by molar-refractivity contribution is -0.146. The van der Waals surface area contributed by atoms with Gasteiger partial charge in [-0.25, -0.2) is 0 Å². The van der Waals surface area contributed by atoms with Crippen LogP contribution >= 0.6 is 0 Å². The van der Waals surface area contributed by atoms with Gasteiger partial charge in [0.2, 0.25) is 0 Å². The highest BCUT2D eigenvalue weighted by Crippen LogP contribution is 2.26. The molecule has 0 radical (unpaired) electrons. The first-order valence-corrected chi connectivity index (χ1v) is 8.54. The van der Waals surface area contributed by atoms with Crippen LogP contribution in [0.4, 0.5) is 0 Å². The van der Waals surface area contributed by atoms with E-state index in [0.717, 1.165) is 19.3 Å². The molecule has 1 aliphatic rings. The molecular formula is C17H33NO3. The van der Waals surface area contributed by atoms with Gasteiger partial charge >= 0.3 is 5.97 Å². The van der Waals surface area contributed by atoms with Crippen LogP contribution in [0.15, 0.2) is 0 Å². The highest BCUT2D eigenvalue weighted by Gasteiger charge is 2.39. The number of carboxylic acid groups (broad SMARTS) is 1. The van der Waals surface area contributed by atoms with Crippen LogP contribution in [-0.4, -0.2) is 34.9 Å². The average Bonchev–Trinajstić information content (AvgIpc) is 3.17. The Labute approximate surface area is 129 Å². The minimum atomic E-state index is -0.873. The normalized spacial score (nSPS) is 20.8. The fraction of sp³-hybridized carbons (Fsp3) is 0.941.